The molecule has 0 aliphatic rings. The highest BCUT2D eigenvalue weighted by Gasteiger charge is 2.32. The Hall–Kier alpha value is -1.10. The van der Waals surface area contributed by atoms with E-state index in [4.69, 9.17) is 17.3 Å². The fourth-order valence-electron chi connectivity index (χ4n) is 0.871. The number of alkyl halides is 3. The van der Waals surface area contributed by atoms with Gasteiger partial charge in [-0.05, 0) is 18.6 Å². The SMILES string of the molecule is Cc1cc(Cl)c(OC(F)(F)F)cc1N. The van der Waals surface area contributed by atoms with E-state index in [-0.39, 0.29) is 10.7 Å². The average molecular weight is 226 g/mol. The molecule has 1 aromatic rings. The Morgan fingerprint density at radius 1 is 1.36 bits per heavy atom. The van der Waals surface area contributed by atoms with Gasteiger partial charge in [-0.1, -0.05) is 11.6 Å². The van der Waals surface area contributed by atoms with E-state index >= 15 is 0 Å². The van der Waals surface area contributed by atoms with E-state index in [1.165, 1.54) is 6.07 Å². The monoisotopic (exact) mass is 225 g/mol. The maximum absolute atomic E-state index is 11.8. The minimum absolute atomic E-state index is 0.117. The lowest BCUT2D eigenvalue weighted by Crippen LogP contribution is -2.17. The van der Waals surface area contributed by atoms with Gasteiger partial charge in [-0.25, -0.2) is 0 Å². The van der Waals surface area contributed by atoms with Crippen molar-refractivity contribution in [1.29, 1.82) is 0 Å². The van der Waals surface area contributed by atoms with Gasteiger partial charge in [-0.15, -0.1) is 13.2 Å². The maximum atomic E-state index is 11.8. The molecule has 2 N–H and O–H groups in total. The number of aryl methyl sites for hydroxylation is 1. The largest absolute Gasteiger partial charge is 0.573 e. The molecular formula is C8H7ClF3NO. The summed E-state index contributed by atoms with van der Waals surface area (Å²) < 4.78 is 39.2. The second kappa shape index (κ2) is 3.57. The molecule has 6 heteroatoms. The first-order chi connectivity index (χ1) is 6.29. The molecule has 78 valence electrons. The molecule has 0 aliphatic heterocycles. The normalized spacial score (nSPS) is 11.5. The van der Waals surface area contributed by atoms with Crippen LogP contribution in [-0.2, 0) is 0 Å². The van der Waals surface area contributed by atoms with E-state index in [0.717, 1.165) is 6.07 Å². The van der Waals surface area contributed by atoms with Gasteiger partial charge in [0.25, 0.3) is 0 Å². The fourth-order valence-corrected chi connectivity index (χ4v) is 1.13. The van der Waals surface area contributed by atoms with Crippen LogP contribution in [0, 0.1) is 6.92 Å². The summed E-state index contributed by atoms with van der Waals surface area (Å²) in [6.07, 6.45) is -4.76. The molecule has 1 aromatic carbocycles. The topological polar surface area (TPSA) is 35.2 Å². The number of hydrogen-bond donors (Lipinski definition) is 1. The smallest absolute Gasteiger partial charge is 0.404 e. The van der Waals surface area contributed by atoms with Crippen molar-refractivity contribution in [3.63, 3.8) is 0 Å². The van der Waals surface area contributed by atoms with Gasteiger partial charge in [0, 0.05) is 11.8 Å². The summed E-state index contributed by atoms with van der Waals surface area (Å²) in [5.41, 5.74) is 6.21. The first kappa shape index (κ1) is 11.0. The predicted molar refractivity (Wildman–Crippen MR) is 47.3 cm³/mol. The molecular weight excluding hydrogens is 219 g/mol. The van der Waals surface area contributed by atoms with Gasteiger partial charge in [0.2, 0.25) is 0 Å². The van der Waals surface area contributed by atoms with Gasteiger partial charge >= 0.3 is 6.36 Å². The van der Waals surface area contributed by atoms with Gasteiger partial charge < -0.3 is 10.5 Å². The van der Waals surface area contributed by atoms with Crippen LogP contribution in [0.1, 0.15) is 5.56 Å². The van der Waals surface area contributed by atoms with Crippen LogP contribution in [0.25, 0.3) is 0 Å². The van der Waals surface area contributed by atoms with Crippen LogP contribution in [0.4, 0.5) is 18.9 Å². The molecule has 0 heterocycles. The number of nitrogen functional groups attached to an aromatic ring is 1. The molecule has 0 atom stereocenters. The minimum Gasteiger partial charge on any atom is -0.404 e. The standard InChI is InChI=1S/C8H7ClF3NO/c1-4-2-5(9)7(3-6(4)13)14-8(10,11)12/h2-3H,13H2,1H3. The highest BCUT2D eigenvalue weighted by molar-refractivity contribution is 6.32. The predicted octanol–water partition coefficient (Wildman–Crippen LogP) is 3.13. The number of benzene rings is 1. The molecule has 14 heavy (non-hydrogen) atoms. The Kier molecular flexibility index (Phi) is 2.80. The minimum atomic E-state index is -4.76. The second-order valence-corrected chi connectivity index (χ2v) is 3.09. The molecule has 0 saturated heterocycles. The Balaban J connectivity index is 3.04. The third-order valence-corrected chi connectivity index (χ3v) is 1.84. The molecule has 0 spiro atoms. The van der Waals surface area contributed by atoms with Crippen molar-refractivity contribution in [1.82, 2.24) is 0 Å². The van der Waals surface area contributed by atoms with Crippen molar-refractivity contribution in [2.45, 2.75) is 13.3 Å². The molecule has 0 unspecified atom stereocenters. The van der Waals surface area contributed by atoms with Crippen molar-refractivity contribution >= 4 is 17.3 Å². The molecule has 0 radical (unpaired) electrons. The summed E-state index contributed by atoms with van der Waals surface area (Å²) in [7, 11) is 0. The summed E-state index contributed by atoms with van der Waals surface area (Å²) in [6, 6.07) is 2.36. The van der Waals surface area contributed by atoms with Crippen LogP contribution in [0.2, 0.25) is 5.02 Å². The van der Waals surface area contributed by atoms with Gasteiger partial charge in [-0.2, -0.15) is 0 Å². The molecule has 0 bridgehead atoms. The Morgan fingerprint density at radius 2 is 1.93 bits per heavy atom. The van der Waals surface area contributed by atoms with Crippen molar-refractivity contribution in [3.8, 4) is 5.75 Å². The van der Waals surface area contributed by atoms with Crippen molar-refractivity contribution in [2.24, 2.45) is 0 Å². The number of nitrogens with two attached hydrogens (primary N) is 1. The highest BCUT2D eigenvalue weighted by atomic mass is 35.5. The van der Waals surface area contributed by atoms with Crippen molar-refractivity contribution in [2.75, 3.05) is 5.73 Å². The highest BCUT2D eigenvalue weighted by Crippen LogP contribution is 2.33. The number of rotatable bonds is 1. The zero-order valence-corrected chi connectivity index (χ0v) is 7.91. The first-order valence-electron chi connectivity index (χ1n) is 3.61. The van der Waals surface area contributed by atoms with Gasteiger partial charge in [-0.3, -0.25) is 0 Å². The molecule has 1 rings (SSSR count). The zero-order valence-electron chi connectivity index (χ0n) is 7.15. The Morgan fingerprint density at radius 3 is 2.43 bits per heavy atom. The molecule has 0 amide bonds. The first-order valence-corrected chi connectivity index (χ1v) is 3.99. The van der Waals surface area contributed by atoms with Gasteiger partial charge in [0.15, 0.2) is 0 Å². The van der Waals surface area contributed by atoms with Crippen LogP contribution in [0.3, 0.4) is 0 Å². The van der Waals surface area contributed by atoms with Crippen LogP contribution in [-0.4, -0.2) is 6.36 Å². The lowest BCUT2D eigenvalue weighted by Gasteiger charge is -2.11. The van der Waals surface area contributed by atoms with Crippen molar-refractivity contribution < 1.29 is 17.9 Å². The number of ether oxygens (including phenoxy) is 1. The number of hydrogen-bond acceptors (Lipinski definition) is 2. The van der Waals surface area contributed by atoms with Crippen molar-refractivity contribution in [3.05, 3.63) is 22.7 Å². The maximum Gasteiger partial charge on any atom is 0.573 e. The van der Waals surface area contributed by atoms with E-state index in [1.54, 1.807) is 6.92 Å². The van der Waals surface area contributed by atoms with Crippen LogP contribution in [0.15, 0.2) is 12.1 Å². The quantitative estimate of drug-likeness (QED) is 0.746. The second-order valence-electron chi connectivity index (χ2n) is 2.69. The summed E-state index contributed by atoms with van der Waals surface area (Å²) in [5, 5.41) is -0.117. The van der Waals surface area contributed by atoms with E-state index < -0.39 is 12.1 Å². The zero-order chi connectivity index (χ0) is 10.9. The van der Waals surface area contributed by atoms with E-state index in [9.17, 15) is 13.2 Å². The number of halogens is 4. The Bertz CT molecular complexity index is 351. The lowest BCUT2D eigenvalue weighted by molar-refractivity contribution is -0.274. The fraction of sp³-hybridized carbons (Fsp3) is 0.250. The molecule has 0 aliphatic carbocycles. The summed E-state index contributed by atoms with van der Waals surface area (Å²) >= 11 is 5.53. The molecule has 0 saturated carbocycles. The summed E-state index contributed by atoms with van der Waals surface area (Å²) in [5.74, 6) is -0.484. The third kappa shape index (κ3) is 2.70. The average Bonchev–Trinajstić information content (AvgIpc) is 1.97. The van der Waals surface area contributed by atoms with Crippen LogP contribution < -0.4 is 10.5 Å². The summed E-state index contributed by atoms with van der Waals surface area (Å²) in [6.45, 7) is 1.64. The third-order valence-electron chi connectivity index (χ3n) is 1.55. The molecule has 0 fully saturated rings. The Labute approximate surface area is 83.4 Å². The van der Waals surface area contributed by atoms with Crippen LogP contribution in [0.5, 0.6) is 5.75 Å². The molecule has 0 aromatic heterocycles. The van der Waals surface area contributed by atoms with Crippen LogP contribution >= 0.6 is 11.6 Å². The van der Waals surface area contributed by atoms with Gasteiger partial charge in [0.1, 0.15) is 5.75 Å². The lowest BCUT2D eigenvalue weighted by atomic mass is 10.2. The van der Waals surface area contributed by atoms with E-state index in [2.05, 4.69) is 4.74 Å². The number of anilines is 1. The van der Waals surface area contributed by atoms with E-state index in [1.807, 2.05) is 0 Å². The van der Waals surface area contributed by atoms with Gasteiger partial charge in [0.05, 0.1) is 5.02 Å². The van der Waals surface area contributed by atoms with E-state index in [0.29, 0.717) is 5.56 Å². The summed E-state index contributed by atoms with van der Waals surface area (Å²) in [4.78, 5) is 0. The molecule has 2 nitrogen and oxygen atoms in total.